The van der Waals surface area contributed by atoms with E-state index in [9.17, 15) is 0 Å². The largest absolute Gasteiger partial charge is 0.311 e. The Morgan fingerprint density at radius 3 is 2.78 bits per heavy atom. The maximum atomic E-state index is 4.21. The first-order valence-electron chi connectivity index (χ1n) is 6.43. The third-order valence-corrected chi connectivity index (χ3v) is 2.96. The fourth-order valence-electron chi connectivity index (χ4n) is 2.00. The quantitative estimate of drug-likeness (QED) is 0.878. The van der Waals surface area contributed by atoms with Gasteiger partial charge in [0.1, 0.15) is 0 Å². The number of rotatable bonds is 5. The molecule has 0 aliphatic rings. The van der Waals surface area contributed by atoms with Crippen LogP contribution in [-0.4, -0.2) is 21.5 Å². The van der Waals surface area contributed by atoms with Gasteiger partial charge in [-0.15, -0.1) is 5.10 Å². The lowest BCUT2D eigenvalue weighted by molar-refractivity contribution is 0.667. The molecule has 0 spiro atoms. The summed E-state index contributed by atoms with van der Waals surface area (Å²) in [5, 5.41) is 11.5. The lowest BCUT2D eigenvalue weighted by Crippen LogP contribution is -2.16. The molecule has 4 nitrogen and oxygen atoms in total. The average Bonchev–Trinajstić information content (AvgIpc) is 2.84. The van der Waals surface area contributed by atoms with Crippen molar-refractivity contribution in [2.24, 2.45) is 0 Å². The Morgan fingerprint density at radius 2 is 2.06 bits per heavy atom. The molecule has 0 aliphatic carbocycles. The van der Waals surface area contributed by atoms with Gasteiger partial charge in [0.25, 0.3) is 0 Å². The Morgan fingerprint density at radius 1 is 1.28 bits per heavy atom. The molecular formula is C14H20N4. The minimum Gasteiger partial charge on any atom is -0.311 e. The van der Waals surface area contributed by atoms with E-state index < -0.39 is 0 Å². The summed E-state index contributed by atoms with van der Waals surface area (Å²) in [6, 6.07) is 8.36. The Hall–Kier alpha value is -1.68. The molecule has 4 heteroatoms. The van der Waals surface area contributed by atoms with Crippen LogP contribution in [-0.2, 0) is 6.54 Å². The van der Waals surface area contributed by atoms with E-state index in [1.165, 1.54) is 5.56 Å². The van der Waals surface area contributed by atoms with Crippen molar-refractivity contribution in [1.29, 1.82) is 0 Å². The number of benzene rings is 1. The van der Waals surface area contributed by atoms with Crippen LogP contribution in [0.5, 0.6) is 0 Å². The molecule has 0 saturated heterocycles. The van der Waals surface area contributed by atoms with Gasteiger partial charge < -0.3 is 5.32 Å². The summed E-state index contributed by atoms with van der Waals surface area (Å²) in [6.07, 6.45) is 1.82. The molecule has 2 aromatic rings. The molecule has 96 valence electrons. The standard InChI is InChI=1S/C14H20N4/c1-4-15-9-12-10-16-17-18(12)14-8-6-5-7-13(14)11(2)3/h5-8,10-11,15H,4,9H2,1-3H3. The normalized spacial score (nSPS) is 11.1. The van der Waals surface area contributed by atoms with Crippen molar-refractivity contribution in [3.63, 3.8) is 0 Å². The molecule has 0 unspecified atom stereocenters. The Kier molecular flexibility index (Phi) is 4.10. The van der Waals surface area contributed by atoms with Crippen molar-refractivity contribution in [2.45, 2.75) is 33.2 Å². The molecule has 18 heavy (non-hydrogen) atoms. The number of hydrogen-bond acceptors (Lipinski definition) is 3. The molecule has 0 saturated carbocycles. The van der Waals surface area contributed by atoms with E-state index in [1.54, 1.807) is 0 Å². The first-order valence-corrected chi connectivity index (χ1v) is 6.43. The van der Waals surface area contributed by atoms with E-state index in [0.29, 0.717) is 5.92 Å². The summed E-state index contributed by atoms with van der Waals surface area (Å²) in [5.41, 5.74) is 3.50. The zero-order valence-corrected chi connectivity index (χ0v) is 11.2. The average molecular weight is 244 g/mol. The molecule has 0 bridgehead atoms. The van der Waals surface area contributed by atoms with E-state index in [1.807, 2.05) is 16.9 Å². The zero-order valence-electron chi connectivity index (χ0n) is 11.2. The van der Waals surface area contributed by atoms with E-state index >= 15 is 0 Å². The highest BCUT2D eigenvalue weighted by molar-refractivity contribution is 5.42. The molecule has 1 heterocycles. The van der Waals surface area contributed by atoms with Gasteiger partial charge in [-0.1, -0.05) is 44.2 Å². The van der Waals surface area contributed by atoms with Crippen molar-refractivity contribution in [2.75, 3.05) is 6.54 Å². The van der Waals surface area contributed by atoms with Crippen LogP contribution < -0.4 is 5.32 Å². The molecule has 2 rings (SSSR count). The Balaban J connectivity index is 2.39. The van der Waals surface area contributed by atoms with Gasteiger partial charge in [-0.2, -0.15) is 0 Å². The van der Waals surface area contributed by atoms with Gasteiger partial charge in [0.2, 0.25) is 0 Å². The monoisotopic (exact) mass is 244 g/mol. The second-order valence-electron chi connectivity index (χ2n) is 4.63. The fourth-order valence-corrected chi connectivity index (χ4v) is 2.00. The summed E-state index contributed by atoms with van der Waals surface area (Å²) >= 11 is 0. The third-order valence-electron chi connectivity index (χ3n) is 2.96. The minimum absolute atomic E-state index is 0.470. The topological polar surface area (TPSA) is 42.7 Å². The molecular weight excluding hydrogens is 224 g/mol. The van der Waals surface area contributed by atoms with Gasteiger partial charge in [0.15, 0.2) is 0 Å². The van der Waals surface area contributed by atoms with Crippen LogP contribution in [0.1, 0.15) is 37.9 Å². The van der Waals surface area contributed by atoms with Gasteiger partial charge >= 0.3 is 0 Å². The highest BCUT2D eigenvalue weighted by Gasteiger charge is 2.11. The second-order valence-corrected chi connectivity index (χ2v) is 4.63. The minimum atomic E-state index is 0.470. The third kappa shape index (κ3) is 2.59. The van der Waals surface area contributed by atoms with Crippen molar-refractivity contribution in [3.8, 4) is 5.69 Å². The number of hydrogen-bond donors (Lipinski definition) is 1. The molecule has 0 amide bonds. The van der Waals surface area contributed by atoms with Crippen molar-refractivity contribution >= 4 is 0 Å². The predicted octanol–water partition coefficient (Wildman–Crippen LogP) is 2.50. The van der Waals surface area contributed by atoms with Crippen molar-refractivity contribution < 1.29 is 0 Å². The van der Waals surface area contributed by atoms with E-state index in [0.717, 1.165) is 24.5 Å². The maximum Gasteiger partial charge on any atom is 0.0783 e. The Bertz CT molecular complexity index is 502. The molecule has 1 aromatic heterocycles. The van der Waals surface area contributed by atoms with Crippen molar-refractivity contribution in [3.05, 3.63) is 41.7 Å². The molecule has 0 radical (unpaired) electrons. The van der Waals surface area contributed by atoms with E-state index in [-0.39, 0.29) is 0 Å². The SMILES string of the molecule is CCNCc1cnnn1-c1ccccc1C(C)C. The summed E-state index contributed by atoms with van der Waals surface area (Å²) in [7, 11) is 0. The molecule has 0 atom stereocenters. The van der Waals surface area contributed by atoms with Crippen molar-refractivity contribution in [1.82, 2.24) is 20.3 Å². The van der Waals surface area contributed by atoms with Crippen LogP contribution in [0.4, 0.5) is 0 Å². The van der Waals surface area contributed by atoms with Crippen LogP contribution in [0.25, 0.3) is 5.69 Å². The second kappa shape index (κ2) is 5.78. The van der Waals surface area contributed by atoms with Gasteiger partial charge in [0, 0.05) is 6.54 Å². The molecule has 1 aromatic carbocycles. The van der Waals surface area contributed by atoms with Gasteiger partial charge in [0.05, 0.1) is 17.6 Å². The highest BCUT2D eigenvalue weighted by Crippen LogP contribution is 2.22. The van der Waals surface area contributed by atoms with E-state index in [4.69, 9.17) is 0 Å². The molecule has 1 N–H and O–H groups in total. The number of nitrogens with one attached hydrogen (secondary N) is 1. The van der Waals surface area contributed by atoms with Crippen LogP contribution in [0.2, 0.25) is 0 Å². The number of aromatic nitrogens is 3. The smallest absolute Gasteiger partial charge is 0.0783 e. The molecule has 0 fully saturated rings. The first-order chi connectivity index (χ1) is 8.74. The van der Waals surface area contributed by atoms with E-state index in [2.05, 4.69) is 54.6 Å². The Labute approximate surface area is 108 Å². The lowest BCUT2D eigenvalue weighted by Gasteiger charge is -2.14. The first kappa shape index (κ1) is 12.8. The molecule has 0 aliphatic heterocycles. The number of para-hydroxylation sites is 1. The van der Waals surface area contributed by atoms with Gasteiger partial charge in [-0.25, -0.2) is 4.68 Å². The summed E-state index contributed by atoms with van der Waals surface area (Å²) in [6.45, 7) is 8.21. The van der Waals surface area contributed by atoms with Crippen LogP contribution in [0.15, 0.2) is 30.5 Å². The van der Waals surface area contributed by atoms with Gasteiger partial charge in [-0.05, 0) is 24.1 Å². The predicted molar refractivity (Wildman–Crippen MR) is 72.8 cm³/mol. The fraction of sp³-hybridized carbons (Fsp3) is 0.429. The van der Waals surface area contributed by atoms with Crippen LogP contribution >= 0.6 is 0 Å². The van der Waals surface area contributed by atoms with Gasteiger partial charge in [-0.3, -0.25) is 0 Å². The summed E-state index contributed by atoms with van der Waals surface area (Å²) in [5.74, 6) is 0.470. The lowest BCUT2D eigenvalue weighted by atomic mass is 10.0. The number of nitrogens with zero attached hydrogens (tertiary/aromatic N) is 3. The maximum absolute atomic E-state index is 4.21. The van der Waals surface area contributed by atoms with Crippen LogP contribution in [0, 0.1) is 0 Å². The van der Waals surface area contributed by atoms with Crippen LogP contribution in [0.3, 0.4) is 0 Å². The highest BCUT2D eigenvalue weighted by atomic mass is 15.4. The zero-order chi connectivity index (χ0) is 13.0. The summed E-state index contributed by atoms with van der Waals surface area (Å²) in [4.78, 5) is 0. The summed E-state index contributed by atoms with van der Waals surface area (Å²) < 4.78 is 1.93.